The molecule has 148 valence electrons. The van der Waals surface area contributed by atoms with E-state index in [2.05, 4.69) is 17.1 Å². The number of nitrogens with zero attached hydrogens (tertiary/aromatic N) is 1. The van der Waals surface area contributed by atoms with E-state index in [0.29, 0.717) is 5.75 Å². The van der Waals surface area contributed by atoms with Crippen LogP contribution < -0.4 is 10.1 Å². The predicted octanol–water partition coefficient (Wildman–Crippen LogP) is 4.73. The Morgan fingerprint density at radius 2 is 1.82 bits per heavy atom. The normalized spacial score (nSPS) is 14.6. The van der Waals surface area contributed by atoms with Crippen molar-refractivity contribution < 1.29 is 9.53 Å². The largest absolute Gasteiger partial charge is 0.484 e. The molecule has 4 nitrogen and oxygen atoms in total. The molecule has 0 bridgehead atoms. The number of benzene rings is 2. The Labute approximate surface area is 172 Å². The van der Waals surface area contributed by atoms with Gasteiger partial charge in [0.25, 0.3) is 5.91 Å². The molecular formula is C23H28N2O2S. The van der Waals surface area contributed by atoms with Crippen LogP contribution in [0, 0.1) is 19.8 Å². The van der Waals surface area contributed by atoms with E-state index in [1.807, 2.05) is 56.3 Å². The zero-order chi connectivity index (χ0) is 20.1. The van der Waals surface area contributed by atoms with Gasteiger partial charge in [-0.3, -0.25) is 4.79 Å². The fraction of sp³-hybridized carbons (Fsp3) is 0.391. The first-order valence-corrected chi connectivity index (χ1v) is 10.2. The summed E-state index contributed by atoms with van der Waals surface area (Å²) in [6.07, 6.45) is 2.38. The average molecular weight is 397 g/mol. The molecule has 3 rings (SSSR count). The van der Waals surface area contributed by atoms with Crippen LogP contribution in [-0.2, 0) is 4.79 Å². The first-order valence-electron chi connectivity index (χ1n) is 9.81. The minimum absolute atomic E-state index is 0.0266. The van der Waals surface area contributed by atoms with Gasteiger partial charge in [-0.2, -0.15) is 0 Å². The lowest BCUT2D eigenvalue weighted by Gasteiger charge is -2.32. The van der Waals surface area contributed by atoms with Crippen LogP contribution in [-0.4, -0.2) is 35.5 Å². The SMILES string of the molecule is Cc1ccc(C)c(NC(=O)COc2ccc(C(=S)N3CCC(C)CC3)cc2)c1. The Kier molecular flexibility index (Phi) is 6.68. The zero-order valence-electron chi connectivity index (χ0n) is 16.8. The Hall–Kier alpha value is -2.40. The van der Waals surface area contributed by atoms with Crippen molar-refractivity contribution in [3.8, 4) is 5.75 Å². The van der Waals surface area contributed by atoms with Crippen LogP contribution in [0.5, 0.6) is 5.75 Å². The first-order chi connectivity index (χ1) is 13.4. The molecule has 1 aliphatic rings. The van der Waals surface area contributed by atoms with Crippen molar-refractivity contribution in [3.05, 3.63) is 59.2 Å². The van der Waals surface area contributed by atoms with Gasteiger partial charge in [0.2, 0.25) is 0 Å². The van der Waals surface area contributed by atoms with Crippen molar-refractivity contribution >= 4 is 28.8 Å². The number of amides is 1. The third kappa shape index (κ3) is 5.32. The highest BCUT2D eigenvalue weighted by Gasteiger charge is 2.18. The molecule has 0 atom stereocenters. The van der Waals surface area contributed by atoms with E-state index in [4.69, 9.17) is 17.0 Å². The number of carbonyl (C=O) groups excluding carboxylic acids is 1. The lowest BCUT2D eigenvalue weighted by molar-refractivity contribution is -0.118. The fourth-order valence-corrected chi connectivity index (χ4v) is 3.61. The van der Waals surface area contributed by atoms with Gasteiger partial charge >= 0.3 is 0 Å². The third-order valence-electron chi connectivity index (χ3n) is 5.21. The number of hydrogen-bond donors (Lipinski definition) is 1. The molecule has 1 aliphatic heterocycles. The van der Waals surface area contributed by atoms with E-state index in [-0.39, 0.29) is 12.5 Å². The lowest BCUT2D eigenvalue weighted by atomic mass is 9.99. The molecule has 1 fully saturated rings. The Bertz CT molecular complexity index is 840. The van der Waals surface area contributed by atoms with Crippen LogP contribution in [0.15, 0.2) is 42.5 Å². The number of hydrogen-bond acceptors (Lipinski definition) is 3. The van der Waals surface area contributed by atoms with Gasteiger partial charge in [-0.1, -0.05) is 31.3 Å². The van der Waals surface area contributed by atoms with E-state index in [1.54, 1.807) is 0 Å². The van der Waals surface area contributed by atoms with E-state index < -0.39 is 0 Å². The summed E-state index contributed by atoms with van der Waals surface area (Å²) in [5, 5.41) is 2.91. The number of nitrogens with one attached hydrogen (secondary N) is 1. The van der Waals surface area contributed by atoms with Crippen molar-refractivity contribution in [2.75, 3.05) is 25.0 Å². The van der Waals surface area contributed by atoms with Gasteiger partial charge in [-0.25, -0.2) is 0 Å². The first kappa shape index (κ1) is 20.3. The second kappa shape index (κ2) is 9.20. The Morgan fingerprint density at radius 1 is 1.14 bits per heavy atom. The quantitative estimate of drug-likeness (QED) is 0.742. The summed E-state index contributed by atoms with van der Waals surface area (Å²) in [7, 11) is 0. The highest BCUT2D eigenvalue weighted by Crippen LogP contribution is 2.21. The summed E-state index contributed by atoms with van der Waals surface area (Å²) in [6.45, 7) is 8.29. The van der Waals surface area contributed by atoms with Crippen molar-refractivity contribution in [2.24, 2.45) is 5.92 Å². The molecule has 0 saturated carbocycles. The van der Waals surface area contributed by atoms with Crippen LogP contribution in [0.4, 0.5) is 5.69 Å². The van der Waals surface area contributed by atoms with Crippen LogP contribution >= 0.6 is 12.2 Å². The minimum atomic E-state index is -0.171. The molecule has 1 saturated heterocycles. The van der Waals surface area contributed by atoms with Crippen LogP contribution in [0.2, 0.25) is 0 Å². The van der Waals surface area contributed by atoms with E-state index in [0.717, 1.165) is 46.4 Å². The molecule has 0 aromatic heterocycles. The van der Waals surface area contributed by atoms with Gasteiger partial charge in [0, 0.05) is 24.3 Å². The van der Waals surface area contributed by atoms with Crippen molar-refractivity contribution in [3.63, 3.8) is 0 Å². The summed E-state index contributed by atoms with van der Waals surface area (Å²) in [5.74, 6) is 1.27. The van der Waals surface area contributed by atoms with Crippen molar-refractivity contribution in [1.82, 2.24) is 4.90 Å². The van der Waals surface area contributed by atoms with Gasteiger partial charge in [-0.15, -0.1) is 0 Å². The Balaban J connectivity index is 1.52. The molecule has 0 radical (unpaired) electrons. The highest BCUT2D eigenvalue weighted by molar-refractivity contribution is 7.80. The van der Waals surface area contributed by atoms with Crippen molar-refractivity contribution in [1.29, 1.82) is 0 Å². The molecule has 0 spiro atoms. The van der Waals surface area contributed by atoms with Crippen molar-refractivity contribution in [2.45, 2.75) is 33.6 Å². The summed E-state index contributed by atoms with van der Waals surface area (Å²) >= 11 is 5.65. The lowest BCUT2D eigenvalue weighted by Crippen LogP contribution is -2.37. The molecule has 1 N–H and O–H groups in total. The summed E-state index contributed by atoms with van der Waals surface area (Å²) < 4.78 is 5.64. The number of carbonyl (C=O) groups is 1. The smallest absolute Gasteiger partial charge is 0.262 e. The molecule has 28 heavy (non-hydrogen) atoms. The van der Waals surface area contributed by atoms with Gasteiger partial charge < -0.3 is 15.0 Å². The van der Waals surface area contributed by atoms with E-state index in [9.17, 15) is 4.79 Å². The molecule has 1 heterocycles. The number of piperidine rings is 1. The average Bonchev–Trinajstić information content (AvgIpc) is 2.70. The highest BCUT2D eigenvalue weighted by atomic mass is 32.1. The monoisotopic (exact) mass is 396 g/mol. The molecule has 2 aromatic carbocycles. The molecule has 1 amide bonds. The summed E-state index contributed by atoms with van der Waals surface area (Å²) in [4.78, 5) is 15.4. The number of rotatable bonds is 5. The Morgan fingerprint density at radius 3 is 2.50 bits per heavy atom. The van der Waals surface area contributed by atoms with Gasteiger partial charge in [0.05, 0.1) is 0 Å². The predicted molar refractivity (Wildman–Crippen MR) is 118 cm³/mol. The second-order valence-electron chi connectivity index (χ2n) is 7.65. The topological polar surface area (TPSA) is 41.6 Å². The number of ether oxygens (including phenoxy) is 1. The zero-order valence-corrected chi connectivity index (χ0v) is 17.6. The van der Waals surface area contributed by atoms with E-state index >= 15 is 0 Å². The van der Waals surface area contributed by atoms with Crippen LogP contribution in [0.1, 0.15) is 36.5 Å². The number of aryl methyl sites for hydroxylation is 2. The molecule has 0 aliphatic carbocycles. The van der Waals surface area contributed by atoms with Gasteiger partial charge in [0.15, 0.2) is 6.61 Å². The summed E-state index contributed by atoms with van der Waals surface area (Å²) in [5.41, 5.74) is 3.99. The standard InChI is InChI=1S/C23H28N2O2S/c1-16-10-12-25(13-11-16)23(28)19-6-8-20(9-7-19)27-15-22(26)24-21-14-17(2)4-5-18(21)3/h4-9,14,16H,10-13,15H2,1-3H3,(H,24,26). The third-order valence-corrected chi connectivity index (χ3v) is 5.70. The molecular weight excluding hydrogens is 368 g/mol. The maximum absolute atomic E-state index is 12.2. The maximum atomic E-state index is 12.2. The molecule has 5 heteroatoms. The number of thiocarbonyl (C=S) groups is 1. The fourth-order valence-electron chi connectivity index (χ4n) is 3.29. The molecule has 2 aromatic rings. The molecule has 0 unspecified atom stereocenters. The van der Waals surface area contributed by atoms with E-state index in [1.165, 1.54) is 12.8 Å². The number of likely N-dealkylation sites (tertiary alicyclic amines) is 1. The van der Waals surface area contributed by atoms with Gasteiger partial charge in [-0.05, 0) is 74.1 Å². The maximum Gasteiger partial charge on any atom is 0.262 e. The van der Waals surface area contributed by atoms with Gasteiger partial charge in [0.1, 0.15) is 10.7 Å². The summed E-state index contributed by atoms with van der Waals surface area (Å²) in [6, 6.07) is 13.7. The van der Waals surface area contributed by atoms with Crippen LogP contribution in [0.25, 0.3) is 0 Å². The number of anilines is 1. The van der Waals surface area contributed by atoms with Crippen LogP contribution in [0.3, 0.4) is 0 Å². The second-order valence-corrected chi connectivity index (χ2v) is 8.04. The minimum Gasteiger partial charge on any atom is -0.484 e.